The molecule has 0 radical (unpaired) electrons. The number of nitrogens with one attached hydrogen (secondary N) is 1. The lowest BCUT2D eigenvalue weighted by molar-refractivity contribution is -0.119. The normalized spacial score (nSPS) is 16.1. The SMILES string of the molecule is COc1cc(N=C(c2ccc3c(c2)OCCO3)C2C(=O)Nc3cc(Cl)ccc32)ccc1N(C)C(=O)CN(C)C. The van der Waals surface area contributed by atoms with E-state index in [2.05, 4.69) is 5.32 Å². The number of aliphatic imine (C=N–C) groups is 1. The Morgan fingerprint density at radius 1 is 1.05 bits per heavy atom. The molecular weight excluding hydrogens is 520 g/mol. The number of halogens is 1. The number of anilines is 2. The van der Waals surface area contributed by atoms with Crippen LogP contribution in [0.4, 0.5) is 17.1 Å². The predicted molar refractivity (Wildman–Crippen MR) is 151 cm³/mol. The molecule has 0 spiro atoms. The van der Waals surface area contributed by atoms with Crippen molar-refractivity contribution in [2.45, 2.75) is 5.92 Å². The third kappa shape index (κ3) is 5.41. The van der Waals surface area contributed by atoms with Crippen LogP contribution in [0.1, 0.15) is 17.0 Å². The maximum Gasteiger partial charge on any atom is 0.240 e. The summed E-state index contributed by atoms with van der Waals surface area (Å²) in [7, 11) is 6.93. The fourth-order valence-electron chi connectivity index (χ4n) is 4.67. The molecule has 2 amide bonds. The Balaban J connectivity index is 1.60. The van der Waals surface area contributed by atoms with Crippen molar-refractivity contribution in [3.8, 4) is 17.2 Å². The third-order valence-electron chi connectivity index (χ3n) is 6.56. The lowest BCUT2D eigenvalue weighted by Gasteiger charge is -2.22. The number of ether oxygens (including phenoxy) is 3. The Kier molecular flexibility index (Phi) is 7.45. The molecule has 3 aromatic carbocycles. The number of hydrogen-bond acceptors (Lipinski definition) is 7. The van der Waals surface area contributed by atoms with Crippen LogP contribution in [0.15, 0.2) is 59.6 Å². The summed E-state index contributed by atoms with van der Waals surface area (Å²) in [6, 6.07) is 16.2. The van der Waals surface area contributed by atoms with Crippen LogP contribution < -0.4 is 24.4 Å². The average Bonchev–Trinajstić information content (AvgIpc) is 3.24. The van der Waals surface area contributed by atoms with Crippen molar-refractivity contribution >= 4 is 46.2 Å². The van der Waals surface area contributed by atoms with Gasteiger partial charge < -0.3 is 29.3 Å². The highest BCUT2D eigenvalue weighted by molar-refractivity contribution is 6.31. The fraction of sp³-hybridized carbons (Fsp3) is 0.276. The van der Waals surface area contributed by atoms with E-state index < -0.39 is 5.92 Å². The van der Waals surface area contributed by atoms with Crippen molar-refractivity contribution in [3.05, 3.63) is 70.7 Å². The summed E-state index contributed by atoms with van der Waals surface area (Å²) >= 11 is 6.19. The van der Waals surface area contributed by atoms with Crippen molar-refractivity contribution in [1.82, 2.24) is 4.90 Å². The standard InChI is InChI=1S/C29H29ClN4O5/c1-33(2)16-26(35)34(3)22-9-7-19(15-24(22)37-4)31-28(17-5-10-23-25(13-17)39-12-11-38-23)27-20-8-6-18(30)14-21(20)32-29(27)36/h5-10,13-15,27H,11-12,16H2,1-4H3,(H,32,36). The molecule has 0 fully saturated rings. The number of hydrogen-bond donors (Lipinski definition) is 1. The third-order valence-corrected chi connectivity index (χ3v) is 6.79. The van der Waals surface area contributed by atoms with Crippen LogP contribution in [0.25, 0.3) is 0 Å². The Bertz CT molecular complexity index is 1470. The molecule has 3 aromatic rings. The van der Waals surface area contributed by atoms with Gasteiger partial charge in [-0.05, 0) is 62.1 Å². The Morgan fingerprint density at radius 2 is 1.82 bits per heavy atom. The number of methoxy groups -OCH3 is 1. The summed E-state index contributed by atoms with van der Waals surface area (Å²) in [5.74, 6) is 0.743. The molecule has 2 aliphatic rings. The number of carbonyl (C=O) groups excluding carboxylic acids is 2. The van der Waals surface area contributed by atoms with E-state index in [1.807, 2.05) is 38.4 Å². The maximum absolute atomic E-state index is 13.3. The average molecular weight is 549 g/mol. The van der Waals surface area contributed by atoms with E-state index in [9.17, 15) is 9.59 Å². The molecule has 0 saturated heterocycles. The van der Waals surface area contributed by atoms with Crippen molar-refractivity contribution < 1.29 is 23.8 Å². The van der Waals surface area contributed by atoms with Crippen LogP contribution in [0.3, 0.4) is 0 Å². The number of likely N-dealkylation sites (N-methyl/N-ethyl adjacent to an activating group) is 2. The molecular formula is C29H29ClN4O5. The molecule has 9 nitrogen and oxygen atoms in total. The zero-order valence-corrected chi connectivity index (χ0v) is 22.9. The monoisotopic (exact) mass is 548 g/mol. The molecule has 1 unspecified atom stereocenters. The molecule has 2 aliphatic heterocycles. The zero-order chi connectivity index (χ0) is 27.7. The van der Waals surface area contributed by atoms with Gasteiger partial charge in [-0.1, -0.05) is 17.7 Å². The maximum atomic E-state index is 13.3. The highest BCUT2D eigenvalue weighted by Gasteiger charge is 2.36. The Hall–Kier alpha value is -4.08. The fourth-order valence-corrected chi connectivity index (χ4v) is 4.84. The minimum absolute atomic E-state index is 0.0792. The molecule has 10 heteroatoms. The quantitative estimate of drug-likeness (QED) is 0.437. The van der Waals surface area contributed by atoms with E-state index in [4.69, 9.17) is 30.8 Å². The van der Waals surface area contributed by atoms with Gasteiger partial charge in [-0.25, -0.2) is 0 Å². The van der Waals surface area contributed by atoms with E-state index in [0.717, 1.165) is 5.56 Å². The van der Waals surface area contributed by atoms with Gasteiger partial charge >= 0.3 is 0 Å². The molecule has 0 saturated carbocycles. The summed E-state index contributed by atoms with van der Waals surface area (Å²) in [6.07, 6.45) is 0. The summed E-state index contributed by atoms with van der Waals surface area (Å²) in [5, 5.41) is 3.46. The second-order valence-electron chi connectivity index (χ2n) is 9.56. The first-order chi connectivity index (χ1) is 18.7. The molecule has 1 atom stereocenters. The van der Waals surface area contributed by atoms with Gasteiger partial charge in [-0.3, -0.25) is 14.6 Å². The highest BCUT2D eigenvalue weighted by atomic mass is 35.5. The molecule has 0 aliphatic carbocycles. The van der Waals surface area contributed by atoms with Gasteiger partial charge in [-0.15, -0.1) is 0 Å². The van der Waals surface area contributed by atoms with Gasteiger partial charge in [-0.2, -0.15) is 0 Å². The minimum atomic E-state index is -0.685. The van der Waals surface area contributed by atoms with Crippen molar-refractivity contribution in [2.24, 2.45) is 4.99 Å². The van der Waals surface area contributed by atoms with E-state index in [-0.39, 0.29) is 18.4 Å². The number of carbonyl (C=O) groups is 2. The van der Waals surface area contributed by atoms with Gasteiger partial charge in [0.15, 0.2) is 11.5 Å². The molecule has 202 valence electrons. The van der Waals surface area contributed by atoms with Crippen molar-refractivity contribution in [1.29, 1.82) is 0 Å². The number of rotatable bonds is 7. The number of nitrogens with zero attached hydrogens (tertiary/aromatic N) is 3. The molecule has 1 N–H and O–H groups in total. The van der Waals surface area contributed by atoms with Crippen molar-refractivity contribution in [2.75, 3.05) is 58.2 Å². The van der Waals surface area contributed by atoms with Gasteiger partial charge in [0.05, 0.1) is 30.7 Å². The lowest BCUT2D eigenvalue weighted by atomic mass is 9.90. The molecule has 5 rings (SSSR count). The summed E-state index contributed by atoms with van der Waals surface area (Å²) < 4.78 is 17.1. The molecule has 39 heavy (non-hydrogen) atoms. The molecule has 2 heterocycles. The topological polar surface area (TPSA) is 92.7 Å². The molecule has 0 aromatic heterocycles. The van der Waals surface area contributed by atoms with Gasteiger partial charge in [0.2, 0.25) is 11.8 Å². The van der Waals surface area contributed by atoms with Gasteiger partial charge in [0.25, 0.3) is 0 Å². The molecule has 0 bridgehead atoms. The zero-order valence-electron chi connectivity index (χ0n) is 22.2. The van der Waals surface area contributed by atoms with Gasteiger partial charge in [0, 0.05) is 29.4 Å². The second kappa shape index (κ2) is 11.0. The number of benzene rings is 3. The smallest absolute Gasteiger partial charge is 0.240 e. The van der Waals surface area contributed by atoms with Crippen LogP contribution in [-0.2, 0) is 9.59 Å². The van der Waals surface area contributed by atoms with Crippen LogP contribution in [0.2, 0.25) is 5.02 Å². The number of fused-ring (bicyclic) bond motifs is 2. The van der Waals surface area contributed by atoms with Crippen molar-refractivity contribution in [3.63, 3.8) is 0 Å². The first-order valence-corrected chi connectivity index (χ1v) is 12.8. The Morgan fingerprint density at radius 3 is 2.56 bits per heavy atom. The second-order valence-corrected chi connectivity index (χ2v) is 9.99. The van der Waals surface area contributed by atoms with E-state index in [1.165, 1.54) is 0 Å². The minimum Gasteiger partial charge on any atom is -0.494 e. The highest BCUT2D eigenvalue weighted by Crippen LogP contribution is 2.40. The van der Waals surface area contributed by atoms with E-state index >= 15 is 0 Å². The van der Waals surface area contributed by atoms with E-state index in [1.54, 1.807) is 54.3 Å². The van der Waals surface area contributed by atoms with Crippen LogP contribution in [0.5, 0.6) is 17.2 Å². The first kappa shape index (κ1) is 26.5. The Labute approximate surface area is 231 Å². The van der Waals surface area contributed by atoms with Crippen LogP contribution in [0, 0.1) is 0 Å². The van der Waals surface area contributed by atoms with E-state index in [0.29, 0.717) is 63.8 Å². The number of amides is 2. The van der Waals surface area contributed by atoms with Crippen LogP contribution in [-0.4, -0.2) is 70.4 Å². The summed E-state index contributed by atoms with van der Waals surface area (Å²) in [4.78, 5) is 34.3. The first-order valence-electron chi connectivity index (χ1n) is 12.4. The van der Waals surface area contributed by atoms with Gasteiger partial charge in [0.1, 0.15) is 24.9 Å². The van der Waals surface area contributed by atoms with Crippen LogP contribution >= 0.6 is 11.6 Å². The predicted octanol–water partition coefficient (Wildman–Crippen LogP) is 4.50. The largest absolute Gasteiger partial charge is 0.494 e. The lowest BCUT2D eigenvalue weighted by Crippen LogP contribution is -2.35. The summed E-state index contributed by atoms with van der Waals surface area (Å²) in [5.41, 5.74) is 3.83. The summed E-state index contributed by atoms with van der Waals surface area (Å²) in [6.45, 7) is 1.17.